The van der Waals surface area contributed by atoms with E-state index in [0.29, 0.717) is 22.4 Å². The van der Waals surface area contributed by atoms with Crippen LogP contribution in [0.25, 0.3) is 17.0 Å². The van der Waals surface area contributed by atoms with Crippen LogP contribution in [-0.2, 0) is 0 Å². The van der Waals surface area contributed by atoms with E-state index in [2.05, 4.69) is 11.6 Å². The fraction of sp³-hybridized carbons (Fsp3) is 0. The summed E-state index contributed by atoms with van der Waals surface area (Å²) in [5.74, 6) is -0.217. The van der Waals surface area contributed by atoms with E-state index in [4.69, 9.17) is 16.3 Å². The van der Waals surface area contributed by atoms with E-state index in [0.717, 1.165) is 0 Å². The van der Waals surface area contributed by atoms with Gasteiger partial charge in [-0.05, 0) is 24.3 Å². The van der Waals surface area contributed by atoms with Crippen molar-refractivity contribution in [3.05, 3.63) is 71.4 Å². The number of hydrogen-bond donors (Lipinski definition) is 0. The molecule has 5 heteroatoms. The molecule has 0 saturated heterocycles. The largest absolute Gasteiger partial charge is 0.455 e. The molecule has 0 radical (unpaired) electrons. The summed E-state index contributed by atoms with van der Waals surface area (Å²) >= 11 is 5.89. The molecule has 1 aromatic heterocycles. The summed E-state index contributed by atoms with van der Waals surface area (Å²) in [6, 6.07) is 8.96. The third-order valence-corrected chi connectivity index (χ3v) is 3.55. The Morgan fingerprint density at radius 2 is 1.95 bits per heavy atom. The van der Waals surface area contributed by atoms with Crippen molar-refractivity contribution in [3.63, 3.8) is 0 Å². The van der Waals surface area contributed by atoms with Gasteiger partial charge in [-0.3, -0.25) is 0 Å². The van der Waals surface area contributed by atoms with Gasteiger partial charge in [-0.25, -0.2) is 13.8 Å². The van der Waals surface area contributed by atoms with Gasteiger partial charge in [0.15, 0.2) is 0 Å². The van der Waals surface area contributed by atoms with Crippen LogP contribution >= 0.6 is 11.6 Å². The van der Waals surface area contributed by atoms with Crippen molar-refractivity contribution in [3.8, 4) is 11.5 Å². The van der Waals surface area contributed by atoms with Crippen molar-refractivity contribution < 1.29 is 13.5 Å². The predicted molar refractivity (Wildman–Crippen MR) is 83.3 cm³/mol. The summed E-state index contributed by atoms with van der Waals surface area (Å²) in [6.07, 6.45) is 2.81. The lowest BCUT2D eigenvalue weighted by molar-refractivity contribution is 0.478. The Balaban J connectivity index is 2.04. The summed E-state index contributed by atoms with van der Waals surface area (Å²) in [5, 5.41) is 0.540. The molecule has 0 aliphatic rings. The number of para-hydroxylation sites is 1. The molecule has 0 fully saturated rings. The molecule has 0 aliphatic heterocycles. The Kier molecular flexibility index (Phi) is 3.77. The number of pyridine rings is 1. The highest BCUT2D eigenvalue weighted by Gasteiger charge is 2.12. The molecule has 0 N–H and O–H groups in total. The topological polar surface area (TPSA) is 22.1 Å². The molecule has 0 atom stereocenters. The normalized spacial score (nSPS) is 10.7. The molecule has 2 aromatic carbocycles. The van der Waals surface area contributed by atoms with Crippen LogP contribution in [0, 0.1) is 11.6 Å². The van der Waals surface area contributed by atoms with Gasteiger partial charge in [-0.1, -0.05) is 36.4 Å². The fourth-order valence-electron chi connectivity index (χ4n) is 2.11. The average Bonchev–Trinajstić information content (AvgIpc) is 2.51. The second-order valence-corrected chi connectivity index (χ2v) is 4.94. The number of benzene rings is 2. The van der Waals surface area contributed by atoms with Crippen LogP contribution in [0.5, 0.6) is 11.5 Å². The molecule has 0 spiro atoms. The zero-order chi connectivity index (χ0) is 15.7. The molecular formula is C17H10ClF2NO. The van der Waals surface area contributed by atoms with Gasteiger partial charge in [0.05, 0.1) is 11.2 Å². The lowest BCUT2D eigenvalue weighted by Crippen LogP contribution is -1.92. The lowest BCUT2D eigenvalue weighted by Gasteiger charge is -2.11. The second-order valence-electron chi connectivity index (χ2n) is 4.56. The van der Waals surface area contributed by atoms with Crippen LogP contribution < -0.4 is 4.74 Å². The molecule has 0 amide bonds. The molecular weight excluding hydrogens is 308 g/mol. The lowest BCUT2D eigenvalue weighted by atomic mass is 10.2. The van der Waals surface area contributed by atoms with E-state index in [1.165, 1.54) is 30.5 Å². The van der Waals surface area contributed by atoms with Crippen LogP contribution in [0.4, 0.5) is 8.78 Å². The van der Waals surface area contributed by atoms with Crippen LogP contribution in [0.15, 0.2) is 49.2 Å². The molecule has 2 nitrogen and oxygen atoms in total. The van der Waals surface area contributed by atoms with Crippen molar-refractivity contribution in [1.82, 2.24) is 4.98 Å². The Morgan fingerprint density at radius 3 is 2.73 bits per heavy atom. The van der Waals surface area contributed by atoms with Crippen LogP contribution in [-0.4, -0.2) is 4.98 Å². The van der Waals surface area contributed by atoms with Crippen LogP contribution in [0.3, 0.4) is 0 Å². The summed E-state index contributed by atoms with van der Waals surface area (Å²) in [5.41, 5.74) is 0.608. The molecule has 0 aliphatic carbocycles. The van der Waals surface area contributed by atoms with Gasteiger partial charge in [-0.2, -0.15) is 0 Å². The van der Waals surface area contributed by atoms with E-state index < -0.39 is 11.6 Å². The highest BCUT2D eigenvalue weighted by Crippen LogP contribution is 2.33. The first-order valence-electron chi connectivity index (χ1n) is 6.42. The molecule has 3 rings (SSSR count). The average molecular weight is 318 g/mol. The minimum Gasteiger partial charge on any atom is -0.455 e. The number of ether oxygens (including phenoxy) is 1. The van der Waals surface area contributed by atoms with Gasteiger partial charge in [0.25, 0.3) is 0 Å². The predicted octanol–water partition coefficient (Wildman–Crippen LogP) is 5.60. The maximum absolute atomic E-state index is 13.6. The number of halogens is 3. The Morgan fingerprint density at radius 1 is 1.14 bits per heavy atom. The Labute approximate surface area is 130 Å². The maximum Gasteiger partial charge on any atom is 0.149 e. The highest BCUT2D eigenvalue weighted by atomic mass is 35.5. The monoisotopic (exact) mass is 317 g/mol. The van der Waals surface area contributed by atoms with E-state index in [1.54, 1.807) is 18.2 Å². The van der Waals surface area contributed by atoms with E-state index >= 15 is 0 Å². The minimum absolute atomic E-state index is 0.0627. The number of rotatable bonds is 3. The van der Waals surface area contributed by atoms with Gasteiger partial charge in [0.2, 0.25) is 0 Å². The second kappa shape index (κ2) is 5.73. The zero-order valence-corrected chi connectivity index (χ0v) is 12.1. The number of fused-ring (bicyclic) bond motifs is 1. The summed E-state index contributed by atoms with van der Waals surface area (Å²) in [6.45, 7) is 3.60. The van der Waals surface area contributed by atoms with Gasteiger partial charge >= 0.3 is 0 Å². The summed E-state index contributed by atoms with van der Waals surface area (Å²) in [7, 11) is 0. The van der Waals surface area contributed by atoms with Crippen molar-refractivity contribution in [2.45, 2.75) is 0 Å². The summed E-state index contributed by atoms with van der Waals surface area (Å²) in [4.78, 5) is 4.04. The van der Waals surface area contributed by atoms with Gasteiger partial charge in [0, 0.05) is 10.9 Å². The van der Waals surface area contributed by atoms with Gasteiger partial charge in [-0.15, -0.1) is 0 Å². The third kappa shape index (κ3) is 2.53. The first-order valence-corrected chi connectivity index (χ1v) is 6.80. The van der Waals surface area contributed by atoms with Gasteiger partial charge in [0.1, 0.15) is 28.7 Å². The Bertz CT molecular complexity index is 880. The SMILES string of the molecule is C=Cc1c(Oc2cnc3c(F)cccc3c2)ccc(F)c1Cl. The number of nitrogens with zero attached hydrogens (tertiary/aromatic N) is 1. The van der Waals surface area contributed by atoms with E-state index in [9.17, 15) is 8.78 Å². The molecule has 0 saturated carbocycles. The third-order valence-electron chi connectivity index (χ3n) is 3.16. The molecule has 22 heavy (non-hydrogen) atoms. The molecule has 1 heterocycles. The summed E-state index contributed by atoms with van der Waals surface area (Å²) < 4.78 is 32.7. The van der Waals surface area contributed by atoms with E-state index in [1.807, 2.05) is 0 Å². The Hall–Kier alpha value is -2.46. The fourth-order valence-corrected chi connectivity index (χ4v) is 2.35. The van der Waals surface area contributed by atoms with Crippen LogP contribution in [0.1, 0.15) is 5.56 Å². The number of hydrogen-bond acceptors (Lipinski definition) is 2. The van der Waals surface area contributed by atoms with Crippen molar-refractivity contribution in [1.29, 1.82) is 0 Å². The van der Waals surface area contributed by atoms with Crippen molar-refractivity contribution >= 4 is 28.6 Å². The van der Waals surface area contributed by atoms with E-state index in [-0.39, 0.29) is 10.5 Å². The first kappa shape index (κ1) is 14.5. The number of aromatic nitrogens is 1. The molecule has 0 bridgehead atoms. The smallest absolute Gasteiger partial charge is 0.149 e. The zero-order valence-electron chi connectivity index (χ0n) is 11.3. The minimum atomic E-state index is -0.553. The molecule has 110 valence electrons. The standard InChI is InChI=1S/C17H10ClF2NO/c1-2-12-15(7-6-13(19)16(12)18)22-11-8-10-4-3-5-14(20)17(10)21-9-11/h2-9H,1H2. The first-order chi connectivity index (χ1) is 10.6. The quantitative estimate of drug-likeness (QED) is 0.627. The van der Waals surface area contributed by atoms with Gasteiger partial charge < -0.3 is 4.74 Å². The maximum atomic E-state index is 13.6. The van der Waals surface area contributed by atoms with Crippen LogP contribution in [0.2, 0.25) is 5.02 Å². The molecule has 0 unspecified atom stereocenters. The van der Waals surface area contributed by atoms with Crippen molar-refractivity contribution in [2.75, 3.05) is 0 Å². The molecule has 3 aromatic rings. The highest BCUT2D eigenvalue weighted by molar-refractivity contribution is 6.32. The van der Waals surface area contributed by atoms with Crippen molar-refractivity contribution in [2.24, 2.45) is 0 Å².